The third kappa shape index (κ3) is 4.17. The van der Waals surface area contributed by atoms with Gasteiger partial charge in [0.1, 0.15) is 0 Å². The van der Waals surface area contributed by atoms with Crippen molar-refractivity contribution in [3.05, 3.63) is 86.6 Å². The summed E-state index contributed by atoms with van der Waals surface area (Å²) < 4.78 is 40.0. The lowest BCUT2D eigenvalue weighted by molar-refractivity contribution is -0.137. The number of aromatic nitrogens is 2. The molecule has 0 bridgehead atoms. The summed E-state index contributed by atoms with van der Waals surface area (Å²) in [5.74, 6) is 0. The Hall–Kier alpha value is -2.41. The fourth-order valence-corrected chi connectivity index (χ4v) is 2.57. The van der Waals surface area contributed by atoms with E-state index in [9.17, 15) is 18.0 Å². The Morgan fingerprint density at radius 1 is 0.920 bits per heavy atom. The third-order valence-corrected chi connectivity index (χ3v) is 4.15. The van der Waals surface area contributed by atoms with Crippen LogP contribution in [0.3, 0.4) is 0 Å². The van der Waals surface area contributed by atoms with Gasteiger partial charge in [-0.25, -0.2) is 4.68 Å². The van der Waals surface area contributed by atoms with Gasteiger partial charge in [-0.2, -0.15) is 18.3 Å². The van der Waals surface area contributed by atoms with Crippen LogP contribution in [0.4, 0.5) is 13.2 Å². The molecule has 0 saturated carbocycles. The van der Waals surface area contributed by atoms with Gasteiger partial charge in [-0.1, -0.05) is 40.2 Å². The average Bonchev–Trinajstić information content (AvgIpc) is 2.57. The summed E-state index contributed by atoms with van der Waals surface area (Å²) in [6.07, 6.45) is -4.38. The van der Waals surface area contributed by atoms with Crippen LogP contribution < -0.4 is 5.56 Å². The van der Waals surface area contributed by atoms with Crippen molar-refractivity contribution in [1.29, 1.82) is 0 Å². The maximum Gasteiger partial charge on any atom is 0.416 e. The van der Waals surface area contributed by atoms with E-state index in [-0.39, 0.29) is 12.1 Å². The first-order chi connectivity index (χ1) is 11.8. The summed E-state index contributed by atoms with van der Waals surface area (Å²) in [6.45, 7) is 0.0986. The van der Waals surface area contributed by atoms with Gasteiger partial charge < -0.3 is 0 Å². The summed E-state index contributed by atoms with van der Waals surface area (Å²) in [7, 11) is 0. The molecule has 0 atom stereocenters. The molecule has 0 aliphatic heterocycles. The normalized spacial score (nSPS) is 11.5. The Morgan fingerprint density at radius 2 is 1.56 bits per heavy atom. The van der Waals surface area contributed by atoms with Gasteiger partial charge in [0.05, 0.1) is 17.8 Å². The number of hydrogen-bond donors (Lipinski definition) is 0. The van der Waals surface area contributed by atoms with Gasteiger partial charge in [0.2, 0.25) is 0 Å². The maximum absolute atomic E-state index is 12.6. The molecule has 0 unspecified atom stereocenters. The predicted octanol–water partition coefficient (Wildman–Crippen LogP) is 4.74. The lowest BCUT2D eigenvalue weighted by Gasteiger charge is -2.09. The van der Waals surface area contributed by atoms with Gasteiger partial charge in [-0.15, -0.1) is 0 Å². The van der Waals surface area contributed by atoms with Crippen LogP contribution in [0.5, 0.6) is 0 Å². The van der Waals surface area contributed by atoms with Crippen LogP contribution in [-0.4, -0.2) is 9.78 Å². The van der Waals surface area contributed by atoms with E-state index in [0.29, 0.717) is 11.3 Å². The van der Waals surface area contributed by atoms with Crippen LogP contribution >= 0.6 is 15.9 Å². The molecule has 0 amide bonds. The molecule has 7 heteroatoms. The minimum absolute atomic E-state index is 0.0986. The molecule has 3 nitrogen and oxygen atoms in total. The molecule has 3 aromatic rings. The summed E-state index contributed by atoms with van der Waals surface area (Å²) in [6, 6.07) is 15.2. The standard InChI is InChI=1S/C18H12BrF3N2O/c19-15-7-3-13(4-8-15)16-9-10-17(25)24(23-16)11-12-1-5-14(6-2-12)18(20,21)22/h1-10H,11H2. The van der Waals surface area contributed by atoms with E-state index in [1.165, 1.54) is 22.9 Å². The number of benzene rings is 2. The highest BCUT2D eigenvalue weighted by Gasteiger charge is 2.29. The van der Waals surface area contributed by atoms with Gasteiger partial charge in [-0.3, -0.25) is 4.79 Å². The minimum Gasteiger partial charge on any atom is -0.268 e. The number of hydrogen-bond acceptors (Lipinski definition) is 2. The highest BCUT2D eigenvalue weighted by atomic mass is 79.9. The molecule has 0 aliphatic rings. The molecule has 0 fully saturated rings. The molecule has 2 aromatic carbocycles. The second-order valence-corrected chi connectivity index (χ2v) is 6.33. The first-order valence-corrected chi connectivity index (χ1v) is 8.12. The predicted molar refractivity (Wildman–Crippen MR) is 92.2 cm³/mol. The molecule has 1 aromatic heterocycles. The number of rotatable bonds is 3. The van der Waals surface area contributed by atoms with Crippen LogP contribution in [0.15, 0.2) is 69.9 Å². The molecule has 128 valence electrons. The third-order valence-electron chi connectivity index (χ3n) is 3.62. The summed E-state index contributed by atoms with van der Waals surface area (Å²) in [5, 5.41) is 4.31. The van der Waals surface area contributed by atoms with E-state index < -0.39 is 11.7 Å². The molecule has 0 saturated heterocycles. The molecule has 25 heavy (non-hydrogen) atoms. The highest BCUT2D eigenvalue weighted by molar-refractivity contribution is 9.10. The van der Waals surface area contributed by atoms with Gasteiger partial charge in [-0.05, 0) is 35.9 Å². The van der Waals surface area contributed by atoms with Crippen LogP contribution in [0.25, 0.3) is 11.3 Å². The van der Waals surface area contributed by atoms with Crippen molar-refractivity contribution in [2.24, 2.45) is 0 Å². The number of halogens is 4. The van der Waals surface area contributed by atoms with Crippen molar-refractivity contribution < 1.29 is 13.2 Å². The maximum atomic E-state index is 12.6. The second kappa shape index (κ2) is 6.84. The van der Waals surface area contributed by atoms with Crippen molar-refractivity contribution in [1.82, 2.24) is 9.78 Å². The van der Waals surface area contributed by atoms with Crippen LogP contribution in [0.1, 0.15) is 11.1 Å². The Kier molecular flexibility index (Phi) is 4.76. The number of nitrogens with zero attached hydrogens (tertiary/aromatic N) is 2. The van der Waals surface area contributed by atoms with Gasteiger partial charge in [0.25, 0.3) is 5.56 Å². The van der Waals surface area contributed by atoms with E-state index in [1.54, 1.807) is 6.07 Å². The highest BCUT2D eigenvalue weighted by Crippen LogP contribution is 2.29. The van der Waals surface area contributed by atoms with Crippen molar-refractivity contribution in [3.63, 3.8) is 0 Å². The van der Waals surface area contributed by atoms with Gasteiger partial charge >= 0.3 is 6.18 Å². The first kappa shape index (κ1) is 17.4. The smallest absolute Gasteiger partial charge is 0.268 e. The van der Waals surface area contributed by atoms with Gasteiger partial charge in [0, 0.05) is 16.1 Å². The lowest BCUT2D eigenvalue weighted by Crippen LogP contribution is -2.22. The van der Waals surface area contributed by atoms with E-state index in [1.807, 2.05) is 24.3 Å². The zero-order valence-electron chi connectivity index (χ0n) is 12.8. The number of alkyl halides is 3. The van der Waals surface area contributed by atoms with Crippen molar-refractivity contribution in [2.45, 2.75) is 12.7 Å². The molecule has 1 heterocycles. The Morgan fingerprint density at radius 3 is 2.16 bits per heavy atom. The van der Waals surface area contributed by atoms with Crippen LogP contribution in [-0.2, 0) is 12.7 Å². The fraction of sp³-hybridized carbons (Fsp3) is 0.111. The molecule has 0 N–H and O–H groups in total. The van der Waals surface area contributed by atoms with E-state index in [0.717, 1.165) is 22.2 Å². The molecule has 0 spiro atoms. The van der Waals surface area contributed by atoms with E-state index in [2.05, 4.69) is 21.0 Å². The van der Waals surface area contributed by atoms with E-state index >= 15 is 0 Å². The molecular weight excluding hydrogens is 397 g/mol. The van der Waals surface area contributed by atoms with E-state index in [4.69, 9.17) is 0 Å². The zero-order chi connectivity index (χ0) is 18.0. The average molecular weight is 409 g/mol. The Labute approximate surface area is 149 Å². The van der Waals surface area contributed by atoms with Crippen LogP contribution in [0.2, 0.25) is 0 Å². The molecule has 3 rings (SSSR count). The fourth-order valence-electron chi connectivity index (χ4n) is 2.31. The van der Waals surface area contributed by atoms with Crippen molar-refractivity contribution in [3.8, 4) is 11.3 Å². The summed E-state index contributed by atoms with van der Waals surface area (Å²) in [5.41, 5.74) is 0.972. The molecule has 0 aliphatic carbocycles. The Bertz CT molecular complexity index is 932. The SMILES string of the molecule is O=c1ccc(-c2ccc(Br)cc2)nn1Cc1ccc(C(F)(F)F)cc1. The molecular formula is C18H12BrF3N2O. The molecule has 0 radical (unpaired) electrons. The first-order valence-electron chi connectivity index (χ1n) is 7.33. The topological polar surface area (TPSA) is 34.9 Å². The minimum atomic E-state index is -4.38. The zero-order valence-corrected chi connectivity index (χ0v) is 14.4. The summed E-state index contributed by atoms with van der Waals surface area (Å²) in [4.78, 5) is 12.0. The second-order valence-electron chi connectivity index (χ2n) is 5.42. The largest absolute Gasteiger partial charge is 0.416 e. The van der Waals surface area contributed by atoms with Crippen molar-refractivity contribution in [2.75, 3.05) is 0 Å². The Balaban J connectivity index is 1.88. The monoisotopic (exact) mass is 408 g/mol. The lowest BCUT2D eigenvalue weighted by atomic mass is 10.1. The van der Waals surface area contributed by atoms with Crippen LogP contribution in [0, 0.1) is 0 Å². The quantitative estimate of drug-likeness (QED) is 0.627. The summed E-state index contributed by atoms with van der Waals surface area (Å²) >= 11 is 3.35. The van der Waals surface area contributed by atoms with Gasteiger partial charge in [0.15, 0.2) is 0 Å². The van der Waals surface area contributed by atoms with Crippen molar-refractivity contribution >= 4 is 15.9 Å².